The topological polar surface area (TPSA) is 47.4 Å². The minimum Gasteiger partial charge on any atom is -0.494 e. The number of fused-ring (bicyclic) bond motifs is 1. The van der Waals surface area contributed by atoms with Gasteiger partial charge in [-0.05, 0) is 19.1 Å². The first-order valence-corrected chi connectivity index (χ1v) is 6.85. The lowest BCUT2D eigenvalue weighted by Gasteiger charge is -2.20. The number of carbonyl (C=O) groups excluding carboxylic acids is 1. The Bertz CT molecular complexity index is 637. The van der Waals surface area contributed by atoms with E-state index in [-0.39, 0.29) is 17.8 Å². The molecule has 0 aliphatic rings. The van der Waals surface area contributed by atoms with Gasteiger partial charge in [-0.2, -0.15) is 0 Å². The number of hydrogen-bond donors (Lipinski definition) is 0. The fourth-order valence-corrected chi connectivity index (χ4v) is 2.50. The molecule has 0 N–H and O–H groups in total. The van der Waals surface area contributed by atoms with Crippen molar-refractivity contribution in [1.82, 2.24) is 14.5 Å². The summed E-state index contributed by atoms with van der Waals surface area (Å²) in [4.78, 5) is 18.3. The third-order valence-corrected chi connectivity index (χ3v) is 3.52. The van der Waals surface area contributed by atoms with Crippen molar-refractivity contribution < 1.29 is 9.53 Å². The average molecular weight is 296 g/mol. The zero-order valence-corrected chi connectivity index (χ0v) is 12.8. The number of ether oxygens (including phenoxy) is 1. The molecule has 0 fully saturated rings. The molecule has 1 aromatic carbocycles. The lowest BCUT2D eigenvalue weighted by Crippen LogP contribution is -2.30. The summed E-state index contributed by atoms with van der Waals surface area (Å²) < 4.78 is 7.18. The van der Waals surface area contributed by atoms with Gasteiger partial charge >= 0.3 is 0 Å². The number of likely N-dealkylation sites (N-methyl/N-ethyl adjacent to an activating group) is 1. The maximum Gasteiger partial charge on any atom is 0.244 e. The van der Waals surface area contributed by atoms with E-state index in [1.807, 2.05) is 29.7 Å². The minimum atomic E-state index is -0.365. The molecule has 1 atom stereocenters. The molecule has 0 saturated heterocycles. The number of hydrogen-bond acceptors (Lipinski definition) is 3. The lowest BCUT2D eigenvalue weighted by atomic mass is 10.2. The highest BCUT2D eigenvalue weighted by molar-refractivity contribution is 6.17. The molecule has 5 nitrogen and oxygen atoms in total. The van der Waals surface area contributed by atoms with E-state index in [9.17, 15) is 4.79 Å². The van der Waals surface area contributed by atoms with Gasteiger partial charge in [-0.25, -0.2) is 4.98 Å². The quantitative estimate of drug-likeness (QED) is 0.814. The normalized spacial score (nSPS) is 12.4. The number of imidazole rings is 1. The predicted octanol–water partition coefficient (Wildman–Crippen LogP) is 2.43. The predicted molar refractivity (Wildman–Crippen MR) is 79.2 cm³/mol. The number of benzene rings is 1. The molecule has 1 unspecified atom stereocenters. The van der Waals surface area contributed by atoms with Gasteiger partial charge in [0.1, 0.15) is 23.1 Å². The lowest BCUT2D eigenvalue weighted by molar-refractivity contribution is -0.131. The Morgan fingerprint density at radius 2 is 2.20 bits per heavy atom. The van der Waals surface area contributed by atoms with Crippen LogP contribution in [0.3, 0.4) is 0 Å². The molecule has 0 aliphatic heterocycles. The van der Waals surface area contributed by atoms with Gasteiger partial charge in [-0.15, -0.1) is 11.6 Å². The van der Waals surface area contributed by atoms with Gasteiger partial charge in [-0.1, -0.05) is 6.07 Å². The van der Waals surface area contributed by atoms with Crippen molar-refractivity contribution in [3.05, 3.63) is 24.0 Å². The van der Waals surface area contributed by atoms with Crippen LogP contribution in [0.5, 0.6) is 5.75 Å². The number of rotatable bonds is 4. The molecule has 6 heteroatoms. The van der Waals surface area contributed by atoms with E-state index in [1.165, 1.54) is 0 Å². The second-order valence-corrected chi connectivity index (χ2v) is 5.04. The number of methoxy groups -OCH3 is 1. The van der Waals surface area contributed by atoms with E-state index < -0.39 is 0 Å². The molecule has 108 valence electrons. The summed E-state index contributed by atoms with van der Waals surface area (Å²) in [7, 11) is 5.07. The summed E-state index contributed by atoms with van der Waals surface area (Å²) >= 11 is 5.98. The molecule has 1 heterocycles. The zero-order chi connectivity index (χ0) is 14.9. The Hall–Kier alpha value is -1.75. The monoisotopic (exact) mass is 295 g/mol. The fraction of sp³-hybridized carbons (Fsp3) is 0.429. The highest BCUT2D eigenvalue weighted by Crippen LogP contribution is 2.29. The van der Waals surface area contributed by atoms with E-state index >= 15 is 0 Å². The van der Waals surface area contributed by atoms with Crippen LogP contribution in [0, 0.1) is 0 Å². The molecule has 1 amide bonds. The van der Waals surface area contributed by atoms with Gasteiger partial charge in [0.25, 0.3) is 0 Å². The molecule has 2 rings (SSSR count). The summed E-state index contributed by atoms with van der Waals surface area (Å²) in [5, 5.41) is 0. The molecule has 1 aromatic heterocycles. The van der Waals surface area contributed by atoms with E-state index in [4.69, 9.17) is 16.3 Å². The van der Waals surface area contributed by atoms with E-state index in [0.717, 1.165) is 11.0 Å². The maximum atomic E-state index is 12.2. The van der Waals surface area contributed by atoms with Crippen LogP contribution in [0.15, 0.2) is 18.2 Å². The van der Waals surface area contributed by atoms with Crippen LogP contribution in [0.1, 0.15) is 18.8 Å². The van der Waals surface area contributed by atoms with Gasteiger partial charge in [-0.3, -0.25) is 4.79 Å². The molecular weight excluding hydrogens is 278 g/mol. The van der Waals surface area contributed by atoms with Crippen molar-refractivity contribution in [2.45, 2.75) is 18.8 Å². The number of para-hydroxylation sites is 1. The smallest absolute Gasteiger partial charge is 0.244 e. The molecular formula is C14H18ClN3O2. The first kappa shape index (κ1) is 14.7. The van der Waals surface area contributed by atoms with E-state index in [1.54, 1.807) is 26.1 Å². The first-order chi connectivity index (χ1) is 9.51. The maximum absolute atomic E-state index is 12.2. The van der Waals surface area contributed by atoms with E-state index in [0.29, 0.717) is 11.6 Å². The van der Waals surface area contributed by atoms with Crippen molar-refractivity contribution in [2.75, 3.05) is 21.2 Å². The van der Waals surface area contributed by atoms with E-state index in [2.05, 4.69) is 4.98 Å². The highest BCUT2D eigenvalue weighted by atomic mass is 35.5. The highest BCUT2D eigenvalue weighted by Gasteiger charge is 2.23. The van der Waals surface area contributed by atoms with Crippen LogP contribution in [-0.2, 0) is 10.7 Å². The molecule has 0 aliphatic carbocycles. The standard InChI is InChI=1S/C14H18ClN3O2/c1-9(14(19)17(2)3)18-10-6-5-7-11(20-4)13(10)16-12(18)8-15/h5-7,9H,8H2,1-4H3. The number of amides is 1. The van der Waals surface area contributed by atoms with Crippen LogP contribution in [0.2, 0.25) is 0 Å². The fourth-order valence-electron chi connectivity index (χ4n) is 2.31. The van der Waals surface area contributed by atoms with Gasteiger partial charge in [0.2, 0.25) is 5.91 Å². The average Bonchev–Trinajstić information content (AvgIpc) is 2.83. The number of aromatic nitrogens is 2. The Morgan fingerprint density at radius 3 is 2.75 bits per heavy atom. The summed E-state index contributed by atoms with van der Waals surface area (Å²) in [5.74, 6) is 1.58. The van der Waals surface area contributed by atoms with Crippen molar-refractivity contribution in [3.63, 3.8) is 0 Å². The van der Waals surface area contributed by atoms with Crippen molar-refractivity contribution in [1.29, 1.82) is 0 Å². The number of halogens is 1. The van der Waals surface area contributed by atoms with Gasteiger partial charge in [0.15, 0.2) is 0 Å². The zero-order valence-electron chi connectivity index (χ0n) is 12.1. The largest absolute Gasteiger partial charge is 0.494 e. The SMILES string of the molecule is COc1cccc2c1nc(CCl)n2C(C)C(=O)N(C)C. The molecule has 20 heavy (non-hydrogen) atoms. The van der Waals surface area contributed by atoms with Crippen LogP contribution in [-0.4, -0.2) is 41.6 Å². The second-order valence-electron chi connectivity index (χ2n) is 4.77. The summed E-state index contributed by atoms with van der Waals surface area (Å²) in [6.45, 7) is 1.85. The molecule has 0 bridgehead atoms. The van der Waals surface area contributed by atoms with Gasteiger partial charge < -0.3 is 14.2 Å². The molecule has 0 radical (unpaired) electrons. The number of carbonyl (C=O) groups is 1. The van der Waals surface area contributed by atoms with Crippen molar-refractivity contribution >= 4 is 28.5 Å². The second kappa shape index (κ2) is 5.71. The molecule has 0 spiro atoms. The molecule has 2 aromatic rings. The summed E-state index contributed by atoms with van der Waals surface area (Å²) in [6, 6.07) is 5.27. The third kappa shape index (κ3) is 2.33. The summed E-state index contributed by atoms with van der Waals surface area (Å²) in [6.07, 6.45) is 0. The van der Waals surface area contributed by atoms with Crippen molar-refractivity contribution in [3.8, 4) is 5.75 Å². The van der Waals surface area contributed by atoms with Gasteiger partial charge in [0, 0.05) is 14.1 Å². The Balaban J connectivity index is 2.65. The molecule has 0 saturated carbocycles. The van der Waals surface area contributed by atoms with Crippen LogP contribution in [0.25, 0.3) is 11.0 Å². The first-order valence-electron chi connectivity index (χ1n) is 6.32. The Labute approximate surface area is 123 Å². The van der Waals surface area contributed by atoms with Gasteiger partial charge in [0.05, 0.1) is 18.5 Å². The third-order valence-electron chi connectivity index (χ3n) is 3.28. The van der Waals surface area contributed by atoms with Crippen LogP contribution < -0.4 is 4.74 Å². The van der Waals surface area contributed by atoms with Crippen LogP contribution in [0.4, 0.5) is 0 Å². The number of nitrogens with zero attached hydrogens (tertiary/aromatic N) is 3. The van der Waals surface area contributed by atoms with Crippen molar-refractivity contribution in [2.24, 2.45) is 0 Å². The Morgan fingerprint density at radius 1 is 1.50 bits per heavy atom. The number of alkyl halides is 1. The summed E-state index contributed by atoms with van der Waals surface area (Å²) in [5.41, 5.74) is 1.58. The van der Waals surface area contributed by atoms with Crippen LogP contribution >= 0.6 is 11.6 Å². The minimum absolute atomic E-state index is 0.00140. The Kier molecular flexibility index (Phi) is 4.18.